The van der Waals surface area contributed by atoms with Crippen LogP contribution in [0.5, 0.6) is 0 Å². The molecule has 0 aromatic carbocycles. The summed E-state index contributed by atoms with van der Waals surface area (Å²) in [5.41, 5.74) is 2.19. The second-order valence-electron chi connectivity index (χ2n) is 4.03. The molecule has 0 aliphatic carbocycles. The first kappa shape index (κ1) is 11.2. The lowest BCUT2D eigenvalue weighted by atomic mass is 9.96. The van der Waals surface area contributed by atoms with Gasteiger partial charge in [-0.3, -0.25) is 0 Å². The van der Waals surface area contributed by atoms with Crippen LogP contribution in [0.1, 0.15) is 37.8 Å². The molecular formula is C12H18FN. The van der Waals surface area contributed by atoms with Crippen LogP contribution >= 0.6 is 0 Å². The Bertz CT molecular complexity index is 296. The van der Waals surface area contributed by atoms with E-state index in [4.69, 9.17) is 0 Å². The summed E-state index contributed by atoms with van der Waals surface area (Å²) in [6, 6.07) is 1.51. The fraction of sp³-hybridized carbons (Fsp3) is 0.583. The summed E-state index contributed by atoms with van der Waals surface area (Å²) in [7, 11) is 0. The predicted molar refractivity (Wildman–Crippen MR) is 56.7 cm³/mol. The van der Waals surface area contributed by atoms with E-state index in [9.17, 15) is 4.39 Å². The topological polar surface area (TPSA) is 12.9 Å². The van der Waals surface area contributed by atoms with Crippen molar-refractivity contribution < 1.29 is 4.39 Å². The van der Waals surface area contributed by atoms with E-state index in [0.717, 1.165) is 12.0 Å². The SMILES string of the molecule is CCCC(C)Cc1cnc(F)cc1C. The molecule has 0 bridgehead atoms. The van der Waals surface area contributed by atoms with E-state index in [1.54, 1.807) is 6.20 Å². The standard InChI is InChI=1S/C12H18FN/c1-4-5-9(2)6-11-8-14-12(13)7-10(11)3/h7-9H,4-6H2,1-3H3. The van der Waals surface area contributed by atoms with Gasteiger partial charge < -0.3 is 0 Å². The highest BCUT2D eigenvalue weighted by Gasteiger charge is 2.06. The van der Waals surface area contributed by atoms with E-state index in [2.05, 4.69) is 18.8 Å². The molecule has 0 fully saturated rings. The number of hydrogen-bond acceptors (Lipinski definition) is 1. The molecule has 1 unspecified atom stereocenters. The molecule has 1 aromatic heterocycles. The van der Waals surface area contributed by atoms with Gasteiger partial charge in [0.15, 0.2) is 0 Å². The van der Waals surface area contributed by atoms with Crippen LogP contribution in [0.3, 0.4) is 0 Å². The van der Waals surface area contributed by atoms with E-state index >= 15 is 0 Å². The van der Waals surface area contributed by atoms with Gasteiger partial charge in [-0.2, -0.15) is 4.39 Å². The second-order valence-corrected chi connectivity index (χ2v) is 4.03. The lowest BCUT2D eigenvalue weighted by Gasteiger charge is -2.11. The molecule has 0 aliphatic rings. The van der Waals surface area contributed by atoms with E-state index in [1.807, 2.05) is 6.92 Å². The summed E-state index contributed by atoms with van der Waals surface area (Å²) in [4.78, 5) is 3.69. The summed E-state index contributed by atoms with van der Waals surface area (Å²) in [6.07, 6.45) is 5.09. The summed E-state index contributed by atoms with van der Waals surface area (Å²) < 4.78 is 12.7. The van der Waals surface area contributed by atoms with Gasteiger partial charge in [-0.05, 0) is 36.5 Å². The third-order valence-corrected chi connectivity index (χ3v) is 2.54. The molecule has 78 valence electrons. The van der Waals surface area contributed by atoms with E-state index in [1.165, 1.54) is 24.5 Å². The fourth-order valence-corrected chi connectivity index (χ4v) is 1.73. The predicted octanol–water partition coefficient (Wildman–Crippen LogP) is 3.51. The van der Waals surface area contributed by atoms with Gasteiger partial charge >= 0.3 is 0 Å². The van der Waals surface area contributed by atoms with Crippen molar-refractivity contribution in [3.8, 4) is 0 Å². The van der Waals surface area contributed by atoms with Crippen molar-refractivity contribution in [3.63, 3.8) is 0 Å². The number of hydrogen-bond donors (Lipinski definition) is 0. The minimum absolute atomic E-state index is 0.380. The lowest BCUT2D eigenvalue weighted by molar-refractivity contribution is 0.517. The van der Waals surface area contributed by atoms with Gasteiger partial charge in [0.2, 0.25) is 5.95 Å². The maximum atomic E-state index is 12.7. The van der Waals surface area contributed by atoms with Crippen LogP contribution in [0.2, 0.25) is 0 Å². The number of aromatic nitrogens is 1. The Balaban J connectivity index is 2.67. The number of halogens is 1. The maximum absolute atomic E-state index is 12.7. The molecule has 0 radical (unpaired) electrons. The molecule has 1 atom stereocenters. The average Bonchev–Trinajstić information content (AvgIpc) is 2.10. The Hall–Kier alpha value is -0.920. The van der Waals surface area contributed by atoms with Gasteiger partial charge in [-0.1, -0.05) is 26.7 Å². The quantitative estimate of drug-likeness (QED) is 0.670. The van der Waals surface area contributed by atoms with Crippen molar-refractivity contribution in [2.24, 2.45) is 5.92 Å². The van der Waals surface area contributed by atoms with Crippen LogP contribution in [-0.4, -0.2) is 4.98 Å². The van der Waals surface area contributed by atoms with Crippen molar-refractivity contribution in [1.29, 1.82) is 0 Å². The van der Waals surface area contributed by atoms with Crippen molar-refractivity contribution in [3.05, 3.63) is 29.3 Å². The van der Waals surface area contributed by atoms with Crippen LogP contribution in [0, 0.1) is 18.8 Å². The maximum Gasteiger partial charge on any atom is 0.213 e. The van der Waals surface area contributed by atoms with Crippen molar-refractivity contribution >= 4 is 0 Å². The zero-order valence-electron chi connectivity index (χ0n) is 9.18. The summed E-state index contributed by atoms with van der Waals surface area (Å²) in [6.45, 7) is 6.36. The van der Waals surface area contributed by atoms with Crippen LogP contribution in [0.25, 0.3) is 0 Å². The molecule has 0 saturated carbocycles. The summed E-state index contributed by atoms with van der Waals surface area (Å²) in [5.74, 6) is 0.278. The summed E-state index contributed by atoms with van der Waals surface area (Å²) in [5, 5.41) is 0. The Morgan fingerprint density at radius 2 is 2.21 bits per heavy atom. The van der Waals surface area contributed by atoms with Gasteiger partial charge in [-0.15, -0.1) is 0 Å². The largest absolute Gasteiger partial charge is 0.228 e. The lowest BCUT2D eigenvalue weighted by Crippen LogP contribution is -2.02. The molecule has 1 rings (SSSR count). The van der Waals surface area contributed by atoms with Crippen LogP contribution in [0.15, 0.2) is 12.3 Å². The van der Waals surface area contributed by atoms with E-state index in [0.29, 0.717) is 5.92 Å². The minimum Gasteiger partial charge on any atom is -0.228 e. The molecule has 2 heteroatoms. The normalized spacial score (nSPS) is 12.9. The van der Waals surface area contributed by atoms with Gasteiger partial charge in [0.05, 0.1) is 0 Å². The minimum atomic E-state index is -0.380. The molecular weight excluding hydrogens is 177 g/mol. The zero-order valence-corrected chi connectivity index (χ0v) is 9.18. The Labute approximate surface area is 85.4 Å². The van der Waals surface area contributed by atoms with Crippen molar-refractivity contribution in [2.75, 3.05) is 0 Å². The second kappa shape index (κ2) is 5.08. The Kier molecular flexibility index (Phi) is 4.05. The highest BCUT2D eigenvalue weighted by molar-refractivity contribution is 5.22. The molecule has 0 N–H and O–H groups in total. The average molecular weight is 195 g/mol. The van der Waals surface area contributed by atoms with E-state index in [-0.39, 0.29) is 5.95 Å². The van der Waals surface area contributed by atoms with Crippen molar-refractivity contribution in [1.82, 2.24) is 4.98 Å². The molecule has 1 heterocycles. The first-order valence-electron chi connectivity index (χ1n) is 5.24. The van der Waals surface area contributed by atoms with Gasteiger partial charge in [-0.25, -0.2) is 4.98 Å². The number of rotatable bonds is 4. The Morgan fingerprint density at radius 1 is 1.50 bits per heavy atom. The highest BCUT2D eigenvalue weighted by Crippen LogP contribution is 2.16. The number of nitrogens with zero attached hydrogens (tertiary/aromatic N) is 1. The third-order valence-electron chi connectivity index (χ3n) is 2.54. The van der Waals surface area contributed by atoms with E-state index < -0.39 is 0 Å². The third kappa shape index (κ3) is 3.09. The van der Waals surface area contributed by atoms with Crippen LogP contribution in [0.4, 0.5) is 4.39 Å². The van der Waals surface area contributed by atoms with Crippen molar-refractivity contribution in [2.45, 2.75) is 40.0 Å². The molecule has 14 heavy (non-hydrogen) atoms. The molecule has 0 aliphatic heterocycles. The molecule has 0 spiro atoms. The zero-order chi connectivity index (χ0) is 10.6. The van der Waals surface area contributed by atoms with Gasteiger partial charge in [0, 0.05) is 6.20 Å². The Morgan fingerprint density at radius 3 is 2.79 bits per heavy atom. The fourth-order valence-electron chi connectivity index (χ4n) is 1.73. The molecule has 1 aromatic rings. The molecule has 0 saturated heterocycles. The van der Waals surface area contributed by atoms with Crippen LogP contribution in [-0.2, 0) is 6.42 Å². The smallest absolute Gasteiger partial charge is 0.213 e. The molecule has 0 amide bonds. The number of pyridine rings is 1. The summed E-state index contributed by atoms with van der Waals surface area (Å²) >= 11 is 0. The molecule has 1 nitrogen and oxygen atoms in total. The first-order valence-corrected chi connectivity index (χ1v) is 5.24. The number of aryl methyl sites for hydroxylation is 1. The first-order chi connectivity index (χ1) is 6.63. The monoisotopic (exact) mass is 195 g/mol. The van der Waals surface area contributed by atoms with Crippen LogP contribution < -0.4 is 0 Å². The van der Waals surface area contributed by atoms with Gasteiger partial charge in [0.1, 0.15) is 0 Å². The highest BCUT2D eigenvalue weighted by atomic mass is 19.1. The van der Waals surface area contributed by atoms with Gasteiger partial charge in [0.25, 0.3) is 0 Å².